The molecule has 0 saturated carbocycles. The Bertz CT molecular complexity index is 1590. The molecule has 426 valence electrons. The van der Waals surface area contributed by atoms with E-state index in [1.807, 2.05) is 33.3 Å². The average molecular weight is 1050 g/mol. The number of unbranched alkanes of at least 4 members (excludes halogenated alkanes) is 23. The molecule has 3 atom stereocenters. The Hall–Kier alpha value is -3.07. The summed E-state index contributed by atoms with van der Waals surface area (Å²) in [6.07, 6.45) is 70.9. The third-order valence-electron chi connectivity index (χ3n) is 12.7. The van der Waals surface area contributed by atoms with E-state index in [4.69, 9.17) is 13.8 Å². The van der Waals surface area contributed by atoms with Crippen molar-refractivity contribution in [1.82, 2.24) is 5.32 Å². The van der Waals surface area contributed by atoms with Gasteiger partial charge in [0.1, 0.15) is 19.3 Å². The van der Waals surface area contributed by atoms with E-state index in [9.17, 15) is 19.0 Å². The van der Waals surface area contributed by atoms with Crippen LogP contribution >= 0.6 is 7.82 Å². The molecular formula is C64H113N2O7P. The van der Waals surface area contributed by atoms with Gasteiger partial charge in [-0.1, -0.05) is 227 Å². The largest absolute Gasteiger partial charge is 0.756 e. The van der Waals surface area contributed by atoms with Crippen molar-refractivity contribution in [3.8, 4) is 0 Å². The van der Waals surface area contributed by atoms with Gasteiger partial charge in [-0.25, -0.2) is 0 Å². The molecule has 0 aromatic carbocycles. The Balaban J connectivity index is 5.20. The maximum absolute atomic E-state index is 13.5. The summed E-state index contributed by atoms with van der Waals surface area (Å²) in [7, 11) is 1.16. The molecule has 0 aromatic heterocycles. The molecule has 3 unspecified atom stereocenters. The SMILES string of the molecule is CC/C=C\C/C=C\C/C=C\C/C=C\C/C=C\C/C=C\CCCCCCCCC(=O)NC(COP(=O)([O-])OCC[N+](C)(C)C)C(/C=C\CCCCCCCCCCCC)OC(=O)CCCCCCC/C=C\CCCC. The molecule has 9 nitrogen and oxygen atoms in total. The number of nitrogens with one attached hydrogen (secondary N) is 1. The fourth-order valence-electron chi connectivity index (χ4n) is 8.09. The number of likely N-dealkylation sites (N-methyl/N-ethyl adjacent to an activating group) is 1. The fourth-order valence-corrected chi connectivity index (χ4v) is 8.82. The van der Waals surface area contributed by atoms with Gasteiger partial charge in [0.05, 0.1) is 33.8 Å². The summed E-state index contributed by atoms with van der Waals surface area (Å²) >= 11 is 0. The summed E-state index contributed by atoms with van der Waals surface area (Å²) in [6, 6.07) is -0.904. The van der Waals surface area contributed by atoms with Gasteiger partial charge in [0.15, 0.2) is 0 Å². The van der Waals surface area contributed by atoms with Crippen molar-refractivity contribution in [2.75, 3.05) is 40.9 Å². The maximum atomic E-state index is 13.5. The zero-order valence-electron chi connectivity index (χ0n) is 48.5. The molecule has 0 aromatic rings. The summed E-state index contributed by atoms with van der Waals surface area (Å²) in [4.78, 5) is 39.9. The number of phosphoric acid groups is 1. The van der Waals surface area contributed by atoms with Gasteiger partial charge in [-0.15, -0.1) is 0 Å². The lowest BCUT2D eigenvalue weighted by Gasteiger charge is -2.30. The minimum absolute atomic E-state index is 0.0311. The second-order valence-electron chi connectivity index (χ2n) is 21.1. The van der Waals surface area contributed by atoms with Crippen LogP contribution in [0.5, 0.6) is 0 Å². The lowest BCUT2D eigenvalue weighted by Crippen LogP contribution is -2.47. The lowest BCUT2D eigenvalue weighted by molar-refractivity contribution is -0.870. The first kappa shape index (κ1) is 70.9. The summed E-state index contributed by atoms with van der Waals surface area (Å²) in [5.74, 6) is -0.575. The molecule has 74 heavy (non-hydrogen) atoms. The maximum Gasteiger partial charge on any atom is 0.306 e. The summed E-state index contributed by atoms with van der Waals surface area (Å²) in [5, 5.41) is 3.01. The predicted molar refractivity (Wildman–Crippen MR) is 316 cm³/mol. The number of hydrogen-bond acceptors (Lipinski definition) is 7. The smallest absolute Gasteiger partial charge is 0.306 e. The molecule has 0 saturated heterocycles. The number of allylic oxidation sites excluding steroid dienone is 15. The van der Waals surface area contributed by atoms with Crippen LogP contribution in [0.3, 0.4) is 0 Å². The third-order valence-corrected chi connectivity index (χ3v) is 13.7. The number of amides is 1. The number of ether oxygens (including phenoxy) is 1. The molecule has 0 rings (SSSR count). The number of phosphoric ester groups is 1. The van der Waals surface area contributed by atoms with E-state index in [0.717, 1.165) is 141 Å². The standard InChI is InChI=1S/C64H113N2O7P/c1-7-10-13-16-19-22-25-27-28-29-30-31-32-33-34-35-36-37-38-39-42-44-47-50-53-56-63(67)65-61(60-72-74(69,70)71-59-58-66(4,5)6)62(55-52-49-46-43-41-26-23-20-17-14-11-8-2)73-64(68)57-54-51-48-45-40-24-21-18-15-12-9-3/h10,13,18-19,21-22,27-28,30-31,33-34,36-37,52,55,61-62H,7-9,11-12,14-17,20,23-26,29,32,35,38-51,53-54,56-60H2,1-6H3,(H-,65,67,69,70)/b13-10-,21-18-,22-19-,28-27-,31-30-,34-33-,37-36-,55-52-. The van der Waals surface area contributed by atoms with E-state index in [0.29, 0.717) is 23.9 Å². The van der Waals surface area contributed by atoms with Gasteiger partial charge in [0, 0.05) is 12.8 Å². The zero-order chi connectivity index (χ0) is 54.3. The van der Waals surface area contributed by atoms with Crippen molar-refractivity contribution in [3.63, 3.8) is 0 Å². The number of carbonyl (C=O) groups is 2. The molecule has 0 radical (unpaired) electrons. The Kier molecular flexibility index (Phi) is 51.1. The molecule has 10 heteroatoms. The summed E-state index contributed by atoms with van der Waals surface area (Å²) < 4.78 is 30.2. The molecule has 0 spiro atoms. The molecule has 0 heterocycles. The number of nitrogens with zero attached hydrogens (tertiary/aromatic N) is 1. The Morgan fingerprint density at radius 1 is 0.486 bits per heavy atom. The van der Waals surface area contributed by atoms with E-state index in [1.54, 1.807) is 0 Å². The van der Waals surface area contributed by atoms with Gasteiger partial charge in [-0.05, 0) is 102 Å². The predicted octanol–water partition coefficient (Wildman–Crippen LogP) is 17.8. The van der Waals surface area contributed by atoms with Crippen LogP contribution < -0.4 is 10.2 Å². The van der Waals surface area contributed by atoms with Crippen molar-refractivity contribution in [1.29, 1.82) is 0 Å². The molecule has 0 aliphatic rings. The highest BCUT2D eigenvalue weighted by Gasteiger charge is 2.27. The average Bonchev–Trinajstić information content (AvgIpc) is 3.36. The van der Waals surface area contributed by atoms with Crippen LogP contribution in [-0.2, 0) is 27.9 Å². The normalized spacial score (nSPS) is 14.4. The first-order chi connectivity index (χ1) is 35.9. The Morgan fingerprint density at radius 2 is 0.878 bits per heavy atom. The van der Waals surface area contributed by atoms with Crippen LogP contribution in [0.4, 0.5) is 0 Å². The van der Waals surface area contributed by atoms with Crippen LogP contribution in [0, 0.1) is 0 Å². The molecule has 1 amide bonds. The molecule has 1 N–H and O–H groups in total. The first-order valence-electron chi connectivity index (χ1n) is 30.0. The molecule has 0 fully saturated rings. The molecule has 0 aliphatic heterocycles. The molecule has 0 aliphatic carbocycles. The van der Waals surface area contributed by atoms with Gasteiger partial charge in [-0.3, -0.25) is 14.2 Å². The van der Waals surface area contributed by atoms with Gasteiger partial charge in [0.25, 0.3) is 7.82 Å². The van der Waals surface area contributed by atoms with Gasteiger partial charge >= 0.3 is 5.97 Å². The van der Waals surface area contributed by atoms with Crippen LogP contribution in [0.15, 0.2) is 97.2 Å². The van der Waals surface area contributed by atoms with E-state index in [-0.39, 0.29) is 24.9 Å². The number of quaternary nitrogens is 1. The van der Waals surface area contributed by atoms with Crippen molar-refractivity contribution in [3.05, 3.63) is 97.2 Å². The molecule has 0 bridgehead atoms. The van der Waals surface area contributed by atoms with Crippen molar-refractivity contribution < 1.29 is 37.3 Å². The van der Waals surface area contributed by atoms with Crippen molar-refractivity contribution in [2.45, 2.75) is 258 Å². The van der Waals surface area contributed by atoms with Crippen molar-refractivity contribution >= 4 is 19.7 Å². The first-order valence-corrected chi connectivity index (χ1v) is 31.5. The Morgan fingerprint density at radius 3 is 1.35 bits per heavy atom. The monoisotopic (exact) mass is 1050 g/mol. The van der Waals surface area contributed by atoms with Gasteiger partial charge in [0.2, 0.25) is 5.91 Å². The molecular weight excluding hydrogens is 940 g/mol. The summed E-state index contributed by atoms with van der Waals surface area (Å²) in [5.41, 5.74) is 0. The van der Waals surface area contributed by atoms with E-state index in [2.05, 4.69) is 111 Å². The quantitative estimate of drug-likeness (QED) is 0.0212. The minimum Gasteiger partial charge on any atom is -0.756 e. The fraction of sp³-hybridized carbons (Fsp3) is 0.719. The van der Waals surface area contributed by atoms with Crippen LogP contribution in [0.2, 0.25) is 0 Å². The van der Waals surface area contributed by atoms with E-state index < -0.39 is 26.6 Å². The van der Waals surface area contributed by atoms with E-state index >= 15 is 0 Å². The second-order valence-corrected chi connectivity index (χ2v) is 22.5. The van der Waals surface area contributed by atoms with Crippen LogP contribution in [0.1, 0.15) is 245 Å². The van der Waals surface area contributed by atoms with Crippen molar-refractivity contribution in [2.24, 2.45) is 0 Å². The Labute approximate surface area is 456 Å². The summed E-state index contributed by atoms with van der Waals surface area (Å²) in [6.45, 7) is 6.66. The van der Waals surface area contributed by atoms with Gasteiger partial charge in [-0.2, -0.15) is 0 Å². The van der Waals surface area contributed by atoms with Crippen LogP contribution in [-0.4, -0.2) is 69.4 Å². The highest BCUT2D eigenvalue weighted by Crippen LogP contribution is 2.38. The highest BCUT2D eigenvalue weighted by molar-refractivity contribution is 7.45. The second kappa shape index (κ2) is 53.3. The van der Waals surface area contributed by atoms with Crippen LogP contribution in [0.25, 0.3) is 0 Å². The highest BCUT2D eigenvalue weighted by atomic mass is 31.2. The number of esters is 1. The number of hydrogen-bond donors (Lipinski definition) is 1. The number of rotatable bonds is 53. The zero-order valence-corrected chi connectivity index (χ0v) is 49.4. The third kappa shape index (κ3) is 53.7. The topological polar surface area (TPSA) is 114 Å². The minimum atomic E-state index is -4.70. The lowest BCUT2D eigenvalue weighted by atomic mass is 10.0. The van der Waals surface area contributed by atoms with E-state index in [1.165, 1.54) is 64.2 Å². The number of carbonyl (C=O) groups excluding carboxylic acids is 2. The van der Waals surface area contributed by atoms with Gasteiger partial charge < -0.3 is 28.5 Å².